The Morgan fingerprint density at radius 3 is 2.69 bits per heavy atom. The minimum Gasteiger partial charge on any atom is -0.455 e. The van der Waals surface area contributed by atoms with Gasteiger partial charge in [-0.25, -0.2) is 4.39 Å². The molecule has 3 aromatic carbocycles. The fourth-order valence-electron chi connectivity index (χ4n) is 3.89. The molecule has 3 heterocycles. The number of nitrogens with one attached hydrogen (secondary N) is 1. The van der Waals surface area contributed by atoms with Gasteiger partial charge in [-0.1, -0.05) is 71.9 Å². The molecule has 0 saturated carbocycles. The molecule has 1 aliphatic rings. The second kappa shape index (κ2) is 9.64. The van der Waals surface area contributed by atoms with Crippen LogP contribution < -0.4 is 10.1 Å². The minimum absolute atomic E-state index is 0.268. The number of nitrogens with zero attached hydrogens (tertiary/aromatic N) is 3. The fourth-order valence-corrected chi connectivity index (χ4v) is 4.84. The third kappa shape index (κ3) is 4.53. The third-order valence-corrected chi connectivity index (χ3v) is 6.76. The largest absolute Gasteiger partial charge is 0.455 e. The van der Waals surface area contributed by atoms with E-state index in [-0.39, 0.29) is 5.82 Å². The summed E-state index contributed by atoms with van der Waals surface area (Å²) < 4.78 is 26.5. The zero-order chi connectivity index (χ0) is 24.5. The van der Waals surface area contributed by atoms with Crippen molar-refractivity contribution in [3.63, 3.8) is 0 Å². The van der Waals surface area contributed by atoms with Crippen molar-refractivity contribution in [3.8, 4) is 28.5 Å². The molecule has 1 N–H and O–H groups in total. The van der Waals surface area contributed by atoms with Crippen molar-refractivity contribution in [2.75, 3.05) is 5.32 Å². The van der Waals surface area contributed by atoms with Crippen molar-refractivity contribution in [3.05, 3.63) is 107 Å². The maximum atomic E-state index is 14.0. The molecule has 178 valence electrons. The molecule has 2 aromatic heterocycles. The van der Waals surface area contributed by atoms with Gasteiger partial charge in [-0.3, -0.25) is 0 Å². The Kier molecular flexibility index (Phi) is 6.04. The van der Waals surface area contributed by atoms with Crippen molar-refractivity contribution in [2.45, 2.75) is 17.1 Å². The first-order valence-electron chi connectivity index (χ1n) is 11.1. The van der Waals surface area contributed by atoms with Crippen LogP contribution in [-0.4, -0.2) is 15.2 Å². The van der Waals surface area contributed by atoms with E-state index in [1.165, 1.54) is 17.8 Å². The Morgan fingerprint density at radius 2 is 1.81 bits per heavy atom. The molecule has 9 heteroatoms. The van der Waals surface area contributed by atoms with Gasteiger partial charge in [0.1, 0.15) is 11.6 Å². The lowest BCUT2D eigenvalue weighted by atomic mass is 10.1. The number of benzene rings is 3. The standard InChI is InChI=1S/C27H18ClFN4O2S/c28-18-8-5-7-16(14-18)22-12-13-23(34-22)25-30-21-11-4-2-9-19(21)24-26(35-25)31-27(33-32-24)36-15-17-6-1-3-10-20(17)29/h1-14,25,30H,15H2/t25-/m0/s1. The van der Waals surface area contributed by atoms with Crippen LogP contribution in [0.4, 0.5) is 10.1 Å². The number of para-hydroxylation sites is 1. The Hall–Kier alpha value is -3.88. The van der Waals surface area contributed by atoms with Gasteiger partial charge >= 0.3 is 0 Å². The van der Waals surface area contributed by atoms with E-state index in [1.807, 2.05) is 60.7 Å². The minimum atomic E-state index is -0.665. The molecular formula is C27H18ClFN4O2S. The summed E-state index contributed by atoms with van der Waals surface area (Å²) >= 11 is 7.44. The average molecular weight is 517 g/mol. The van der Waals surface area contributed by atoms with E-state index in [9.17, 15) is 4.39 Å². The van der Waals surface area contributed by atoms with E-state index >= 15 is 0 Å². The highest BCUT2D eigenvalue weighted by molar-refractivity contribution is 7.98. The molecule has 6 rings (SSSR count). The van der Waals surface area contributed by atoms with E-state index < -0.39 is 6.23 Å². The van der Waals surface area contributed by atoms with Crippen LogP contribution in [0.5, 0.6) is 5.88 Å². The second-order valence-electron chi connectivity index (χ2n) is 8.03. The Bertz CT molecular complexity index is 1560. The van der Waals surface area contributed by atoms with E-state index in [0.29, 0.717) is 44.6 Å². The summed E-state index contributed by atoms with van der Waals surface area (Å²) in [5, 5.41) is 13.1. The SMILES string of the molecule is Fc1ccccc1CSc1nnc2c(n1)O[C@@H](c1ccc(-c3cccc(Cl)c3)o1)Nc1ccccc1-2. The van der Waals surface area contributed by atoms with Crippen LogP contribution >= 0.6 is 23.4 Å². The van der Waals surface area contributed by atoms with Crippen LogP contribution in [0, 0.1) is 5.82 Å². The number of hydrogen-bond donors (Lipinski definition) is 1. The van der Waals surface area contributed by atoms with Crippen LogP contribution in [0.1, 0.15) is 17.6 Å². The number of rotatable bonds is 5. The summed E-state index contributed by atoms with van der Waals surface area (Å²) in [5.74, 6) is 1.64. The number of ether oxygens (including phenoxy) is 1. The normalized spacial score (nSPS) is 14.2. The average Bonchev–Trinajstić information content (AvgIpc) is 3.33. The molecule has 0 fully saturated rings. The molecule has 0 spiro atoms. The second-order valence-corrected chi connectivity index (χ2v) is 9.41. The highest BCUT2D eigenvalue weighted by atomic mass is 35.5. The molecule has 0 amide bonds. The molecule has 0 saturated heterocycles. The zero-order valence-electron chi connectivity index (χ0n) is 18.7. The lowest BCUT2D eigenvalue weighted by Gasteiger charge is -2.16. The van der Waals surface area contributed by atoms with Crippen molar-refractivity contribution in [1.29, 1.82) is 0 Å². The Morgan fingerprint density at radius 1 is 0.944 bits per heavy atom. The van der Waals surface area contributed by atoms with E-state index in [2.05, 4.69) is 20.5 Å². The van der Waals surface area contributed by atoms with Gasteiger partial charge in [0.05, 0.1) is 0 Å². The molecular weight excluding hydrogens is 499 g/mol. The van der Waals surface area contributed by atoms with Crippen molar-refractivity contribution in [1.82, 2.24) is 15.2 Å². The first-order valence-corrected chi connectivity index (χ1v) is 12.5. The number of furan rings is 1. The summed E-state index contributed by atoms with van der Waals surface area (Å²) in [6, 6.07) is 25.5. The quantitative estimate of drug-likeness (QED) is 0.244. The summed E-state index contributed by atoms with van der Waals surface area (Å²) in [6.07, 6.45) is -0.665. The van der Waals surface area contributed by atoms with Crippen LogP contribution in [0.2, 0.25) is 5.02 Å². The molecule has 0 radical (unpaired) electrons. The number of fused-ring (bicyclic) bond motifs is 3. The summed E-state index contributed by atoms with van der Waals surface area (Å²) in [6.45, 7) is 0. The van der Waals surface area contributed by atoms with Gasteiger partial charge in [0.2, 0.25) is 17.3 Å². The lowest BCUT2D eigenvalue weighted by Crippen LogP contribution is -2.16. The van der Waals surface area contributed by atoms with Crippen molar-refractivity contribution in [2.24, 2.45) is 0 Å². The van der Waals surface area contributed by atoms with Gasteiger partial charge in [0.25, 0.3) is 0 Å². The topological polar surface area (TPSA) is 73.1 Å². The van der Waals surface area contributed by atoms with Gasteiger partial charge < -0.3 is 14.5 Å². The number of aromatic nitrogens is 3. The first-order chi connectivity index (χ1) is 17.6. The molecule has 36 heavy (non-hydrogen) atoms. The van der Waals surface area contributed by atoms with Gasteiger partial charge in [-0.05, 0) is 42.0 Å². The molecule has 1 atom stereocenters. The van der Waals surface area contributed by atoms with Crippen LogP contribution in [0.25, 0.3) is 22.6 Å². The molecule has 1 aliphatic heterocycles. The summed E-state index contributed by atoms with van der Waals surface area (Å²) in [5.41, 5.74) is 3.56. The molecule has 0 aliphatic carbocycles. The molecule has 6 nitrogen and oxygen atoms in total. The van der Waals surface area contributed by atoms with Crippen LogP contribution in [-0.2, 0) is 5.75 Å². The first kappa shape index (κ1) is 22.6. The third-order valence-electron chi connectivity index (χ3n) is 5.64. The summed E-state index contributed by atoms with van der Waals surface area (Å²) in [7, 11) is 0. The Labute approximate surface area is 215 Å². The number of thioether (sulfide) groups is 1. The van der Waals surface area contributed by atoms with E-state index in [4.69, 9.17) is 20.8 Å². The van der Waals surface area contributed by atoms with Gasteiger partial charge in [0, 0.05) is 27.6 Å². The van der Waals surface area contributed by atoms with Gasteiger partial charge in [-0.15, -0.1) is 10.2 Å². The molecule has 5 aromatic rings. The van der Waals surface area contributed by atoms with Crippen LogP contribution in [0.15, 0.2) is 94.5 Å². The van der Waals surface area contributed by atoms with E-state index in [0.717, 1.165) is 16.8 Å². The predicted molar refractivity (Wildman–Crippen MR) is 137 cm³/mol. The monoisotopic (exact) mass is 516 g/mol. The fraction of sp³-hybridized carbons (Fsp3) is 0.0741. The number of halogens is 2. The maximum absolute atomic E-state index is 14.0. The smallest absolute Gasteiger partial charge is 0.247 e. The van der Waals surface area contributed by atoms with Crippen molar-refractivity contribution < 1.29 is 13.5 Å². The number of hydrogen-bond acceptors (Lipinski definition) is 7. The molecule has 0 unspecified atom stereocenters. The number of anilines is 1. The van der Waals surface area contributed by atoms with E-state index in [1.54, 1.807) is 18.2 Å². The lowest BCUT2D eigenvalue weighted by molar-refractivity contribution is 0.196. The highest BCUT2D eigenvalue weighted by Gasteiger charge is 2.28. The highest BCUT2D eigenvalue weighted by Crippen LogP contribution is 2.40. The van der Waals surface area contributed by atoms with Gasteiger partial charge in [0.15, 0.2) is 11.5 Å². The predicted octanol–water partition coefficient (Wildman–Crippen LogP) is 7.39. The zero-order valence-corrected chi connectivity index (χ0v) is 20.3. The van der Waals surface area contributed by atoms with Crippen LogP contribution in [0.3, 0.4) is 0 Å². The Balaban J connectivity index is 1.33. The maximum Gasteiger partial charge on any atom is 0.247 e. The summed E-state index contributed by atoms with van der Waals surface area (Å²) in [4.78, 5) is 4.61. The van der Waals surface area contributed by atoms with Crippen molar-refractivity contribution >= 4 is 29.1 Å². The molecule has 0 bridgehead atoms. The van der Waals surface area contributed by atoms with Gasteiger partial charge in [-0.2, -0.15) is 4.98 Å².